The summed E-state index contributed by atoms with van der Waals surface area (Å²) >= 11 is 1.93. The largest absolute Gasteiger partial charge is 0.310 e. The Kier molecular flexibility index (Phi) is 5.93. The van der Waals surface area contributed by atoms with Crippen LogP contribution in [0.2, 0.25) is 0 Å². The molecular formula is C15H29N3S. The van der Waals surface area contributed by atoms with Gasteiger partial charge in [0.1, 0.15) is 0 Å². The van der Waals surface area contributed by atoms with E-state index in [1.165, 1.54) is 17.7 Å². The lowest BCUT2D eigenvalue weighted by atomic mass is 10.0. The molecule has 0 aliphatic rings. The molecule has 0 radical (unpaired) electrons. The summed E-state index contributed by atoms with van der Waals surface area (Å²) in [5, 5.41) is 8.21. The van der Waals surface area contributed by atoms with E-state index in [9.17, 15) is 0 Å². The molecule has 1 aromatic rings. The van der Waals surface area contributed by atoms with Crippen molar-refractivity contribution in [1.82, 2.24) is 15.1 Å². The molecule has 0 aliphatic heterocycles. The summed E-state index contributed by atoms with van der Waals surface area (Å²) in [4.78, 5) is 0. The molecule has 1 N–H and O–H groups in total. The summed E-state index contributed by atoms with van der Waals surface area (Å²) in [6.07, 6.45) is 3.36. The zero-order valence-corrected chi connectivity index (χ0v) is 14.3. The number of aromatic nitrogens is 2. The molecule has 1 aromatic heterocycles. The molecule has 3 nitrogen and oxygen atoms in total. The molecule has 0 fully saturated rings. The molecule has 4 heteroatoms. The highest BCUT2D eigenvalue weighted by Gasteiger charge is 2.20. The summed E-state index contributed by atoms with van der Waals surface area (Å²) in [7, 11) is 0. The normalized spacial score (nSPS) is 13.8. The summed E-state index contributed by atoms with van der Waals surface area (Å²) in [5.74, 6) is 0. The van der Waals surface area contributed by atoms with E-state index < -0.39 is 0 Å². The second kappa shape index (κ2) is 6.80. The second-order valence-electron chi connectivity index (χ2n) is 5.92. The predicted molar refractivity (Wildman–Crippen MR) is 85.9 cm³/mol. The third kappa shape index (κ3) is 4.53. The molecule has 1 heterocycles. The van der Waals surface area contributed by atoms with Gasteiger partial charge in [0.2, 0.25) is 0 Å². The van der Waals surface area contributed by atoms with Crippen molar-refractivity contribution in [2.45, 2.75) is 71.8 Å². The fourth-order valence-corrected chi connectivity index (χ4v) is 2.88. The van der Waals surface area contributed by atoms with Crippen LogP contribution in [0.3, 0.4) is 0 Å². The summed E-state index contributed by atoms with van der Waals surface area (Å²) in [6.45, 7) is 15.2. The van der Waals surface area contributed by atoms with Gasteiger partial charge < -0.3 is 5.32 Å². The van der Waals surface area contributed by atoms with Gasteiger partial charge in [-0.15, -0.1) is 0 Å². The van der Waals surface area contributed by atoms with Crippen molar-refractivity contribution in [2.24, 2.45) is 0 Å². The van der Waals surface area contributed by atoms with Crippen LogP contribution in [-0.2, 0) is 13.1 Å². The maximum atomic E-state index is 4.57. The molecule has 0 saturated heterocycles. The Balaban J connectivity index is 2.60. The Hall–Kier alpha value is -0.480. The van der Waals surface area contributed by atoms with Crippen molar-refractivity contribution < 1.29 is 0 Å². The van der Waals surface area contributed by atoms with Crippen LogP contribution < -0.4 is 5.32 Å². The Morgan fingerprint density at radius 2 is 2.00 bits per heavy atom. The fourth-order valence-electron chi connectivity index (χ4n) is 2.47. The van der Waals surface area contributed by atoms with Crippen molar-refractivity contribution in [3.63, 3.8) is 0 Å². The molecule has 1 unspecified atom stereocenters. The molecule has 110 valence electrons. The first-order valence-electron chi connectivity index (χ1n) is 7.12. The van der Waals surface area contributed by atoms with Crippen molar-refractivity contribution in [1.29, 1.82) is 0 Å². The van der Waals surface area contributed by atoms with E-state index in [0.29, 0.717) is 10.8 Å². The van der Waals surface area contributed by atoms with E-state index in [4.69, 9.17) is 0 Å². The van der Waals surface area contributed by atoms with Gasteiger partial charge in [-0.25, -0.2) is 0 Å². The maximum Gasteiger partial charge on any atom is 0.0641 e. The number of rotatable bonds is 7. The number of aryl methyl sites for hydroxylation is 2. The SMILES string of the molecule is CCn1nc(C)c(CNC(C)CC(C)(C)SC)c1C. The summed E-state index contributed by atoms with van der Waals surface area (Å²) in [6, 6.07) is 0.520. The van der Waals surface area contributed by atoms with Crippen LogP contribution >= 0.6 is 11.8 Å². The van der Waals surface area contributed by atoms with E-state index in [-0.39, 0.29) is 0 Å². The lowest BCUT2D eigenvalue weighted by molar-refractivity contribution is 0.464. The molecule has 0 aliphatic carbocycles. The smallest absolute Gasteiger partial charge is 0.0641 e. The molecule has 0 saturated carbocycles. The first-order chi connectivity index (χ1) is 8.80. The monoisotopic (exact) mass is 283 g/mol. The summed E-state index contributed by atoms with van der Waals surface area (Å²) < 4.78 is 2.42. The number of hydrogen-bond donors (Lipinski definition) is 1. The standard InChI is InChI=1S/C15H29N3S/c1-8-18-13(4)14(12(3)17-18)10-16-11(2)9-15(5,6)19-7/h11,16H,8-10H2,1-7H3. The molecular weight excluding hydrogens is 254 g/mol. The summed E-state index contributed by atoms with van der Waals surface area (Å²) in [5.41, 5.74) is 3.81. The van der Waals surface area contributed by atoms with E-state index >= 15 is 0 Å². The molecule has 0 amide bonds. The van der Waals surface area contributed by atoms with Gasteiger partial charge in [-0.2, -0.15) is 16.9 Å². The topological polar surface area (TPSA) is 29.9 Å². The van der Waals surface area contributed by atoms with Crippen LogP contribution in [0.1, 0.15) is 51.1 Å². The van der Waals surface area contributed by atoms with Gasteiger partial charge in [0, 0.05) is 35.1 Å². The van der Waals surface area contributed by atoms with Crippen molar-refractivity contribution >= 4 is 11.8 Å². The van der Waals surface area contributed by atoms with Crippen LogP contribution in [0.4, 0.5) is 0 Å². The number of nitrogens with one attached hydrogen (secondary N) is 1. The molecule has 19 heavy (non-hydrogen) atoms. The molecule has 1 atom stereocenters. The molecule has 0 spiro atoms. The van der Waals surface area contributed by atoms with Gasteiger partial charge >= 0.3 is 0 Å². The highest BCUT2D eigenvalue weighted by molar-refractivity contribution is 7.99. The first kappa shape index (κ1) is 16.6. The van der Waals surface area contributed by atoms with Gasteiger partial charge in [-0.05, 0) is 40.4 Å². The zero-order valence-electron chi connectivity index (χ0n) is 13.5. The quantitative estimate of drug-likeness (QED) is 0.830. The minimum atomic E-state index is 0.337. The fraction of sp³-hybridized carbons (Fsp3) is 0.800. The molecule has 0 bridgehead atoms. The van der Waals surface area contributed by atoms with Gasteiger partial charge in [0.25, 0.3) is 0 Å². The number of nitrogens with zero attached hydrogens (tertiary/aromatic N) is 2. The Bertz CT molecular complexity index is 410. The molecule has 1 rings (SSSR count). The lowest BCUT2D eigenvalue weighted by Gasteiger charge is -2.26. The van der Waals surface area contributed by atoms with Crippen molar-refractivity contribution in [3.05, 3.63) is 17.0 Å². The Labute approximate surface area is 122 Å². The Morgan fingerprint density at radius 1 is 1.37 bits per heavy atom. The minimum absolute atomic E-state index is 0.337. The van der Waals surface area contributed by atoms with Gasteiger partial charge in [0.05, 0.1) is 5.69 Å². The van der Waals surface area contributed by atoms with E-state index in [1.807, 2.05) is 11.8 Å². The van der Waals surface area contributed by atoms with Crippen LogP contribution in [0.5, 0.6) is 0 Å². The van der Waals surface area contributed by atoms with E-state index in [1.54, 1.807) is 0 Å². The van der Waals surface area contributed by atoms with Crippen molar-refractivity contribution in [3.8, 4) is 0 Å². The number of hydrogen-bond acceptors (Lipinski definition) is 3. The van der Waals surface area contributed by atoms with Crippen molar-refractivity contribution in [2.75, 3.05) is 6.26 Å². The zero-order chi connectivity index (χ0) is 14.6. The average Bonchev–Trinajstić information content (AvgIpc) is 2.61. The van der Waals surface area contributed by atoms with Gasteiger partial charge in [-0.1, -0.05) is 13.8 Å². The maximum absolute atomic E-state index is 4.57. The third-order valence-electron chi connectivity index (χ3n) is 3.81. The lowest BCUT2D eigenvalue weighted by Crippen LogP contribution is -2.32. The van der Waals surface area contributed by atoms with E-state index in [0.717, 1.165) is 18.8 Å². The van der Waals surface area contributed by atoms with Gasteiger partial charge in [0.15, 0.2) is 0 Å². The molecule has 0 aromatic carbocycles. The third-order valence-corrected chi connectivity index (χ3v) is 5.08. The number of thioether (sulfide) groups is 1. The van der Waals surface area contributed by atoms with Crippen LogP contribution in [0, 0.1) is 13.8 Å². The van der Waals surface area contributed by atoms with Crippen LogP contribution in [0.25, 0.3) is 0 Å². The average molecular weight is 283 g/mol. The minimum Gasteiger partial charge on any atom is -0.310 e. The van der Waals surface area contributed by atoms with Crippen LogP contribution in [-0.4, -0.2) is 26.8 Å². The highest BCUT2D eigenvalue weighted by atomic mass is 32.2. The second-order valence-corrected chi connectivity index (χ2v) is 7.43. The van der Waals surface area contributed by atoms with E-state index in [2.05, 4.69) is 62.9 Å². The van der Waals surface area contributed by atoms with Crippen LogP contribution in [0.15, 0.2) is 0 Å². The predicted octanol–water partition coefficient (Wildman–Crippen LogP) is 3.53. The highest BCUT2D eigenvalue weighted by Crippen LogP contribution is 2.26. The Morgan fingerprint density at radius 3 is 2.47 bits per heavy atom. The van der Waals surface area contributed by atoms with Gasteiger partial charge in [-0.3, -0.25) is 4.68 Å². The first-order valence-corrected chi connectivity index (χ1v) is 8.34.